The fourth-order valence-electron chi connectivity index (χ4n) is 3.07. The molecule has 1 aliphatic rings. The lowest BCUT2D eigenvalue weighted by atomic mass is 10.0. The van der Waals surface area contributed by atoms with Gasteiger partial charge in [-0.1, -0.05) is 0 Å². The topological polar surface area (TPSA) is 156 Å². The highest BCUT2D eigenvalue weighted by Crippen LogP contribution is 2.23. The molecule has 1 saturated heterocycles. The van der Waals surface area contributed by atoms with Gasteiger partial charge in [-0.05, 0) is 31.2 Å². The Hall–Kier alpha value is -3.67. The maximum Gasteiger partial charge on any atom is 0.338 e. The summed E-state index contributed by atoms with van der Waals surface area (Å²) < 4.78 is 26.0. The van der Waals surface area contributed by atoms with Gasteiger partial charge in [-0.15, -0.1) is 0 Å². The Morgan fingerprint density at radius 2 is 1.48 bits per heavy atom. The zero-order chi connectivity index (χ0) is 24.5. The highest BCUT2D eigenvalue weighted by atomic mass is 16.6. The minimum Gasteiger partial charge on any atom is -0.462 e. The van der Waals surface area contributed by atoms with Gasteiger partial charge in [-0.3, -0.25) is 14.4 Å². The molecule has 1 aliphatic heterocycles. The minimum atomic E-state index is -1.29. The van der Waals surface area contributed by atoms with E-state index in [0.717, 1.165) is 20.8 Å². The first-order valence-electron chi connectivity index (χ1n) is 10.1. The van der Waals surface area contributed by atoms with Crippen molar-refractivity contribution in [1.29, 1.82) is 0 Å². The van der Waals surface area contributed by atoms with Crippen LogP contribution < -0.4 is 10.6 Å². The number of hydrogen-bond donors (Lipinski definition) is 2. The molecule has 4 atom stereocenters. The monoisotopic (exact) mass is 466 g/mol. The summed E-state index contributed by atoms with van der Waals surface area (Å²) in [6.07, 6.45) is -4.77. The molecule has 1 aromatic rings. The quantitative estimate of drug-likeness (QED) is 0.441. The van der Waals surface area contributed by atoms with Gasteiger partial charge in [-0.2, -0.15) is 0 Å². The number of hydrogen-bond acceptors (Lipinski definition) is 10. The lowest BCUT2D eigenvalue weighted by Gasteiger charge is -2.40. The van der Waals surface area contributed by atoms with Gasteiger partial charge in [0.25, 0.3) is 0 Å². The van der Waals surface area contributed by atoms with Crippen molar-refractivity contribution in [2.75, 3.05) is 18.5 Å². The normalized spacial score (nSPS) is 21.8. The number of ether oxygens (including phenoxy) is 5. The molecule has 1 aromatic carbocycles. The van der Waals surface area contributed by atoms with Crippen LogP contribution in [0, 0.1) is 0 Å². The fraction of sp³-hybridized carbons (Fsp3) is 0.476. The summed E-state index contributed by atoms with van der Waals surface area (Å²) in [6, 6.07) is 5.22. The SMILES string of the molecule is CCOC(=O)c1ccc(NC(=O)N[C@@H]2OC[C@H](OC(C)=O)[C@H](OC(C)=O)[C@@H]2OC(C)=O)cc1. The van der Waals surface area contributed by atoms with Crippen LogP contribution in [0.2, 0.25) is 0 Å². The summed E-state index contributed by atoms with van der Waals surface area (Å²) in [5, 5.41) is 5.03. The van der Waals surface area contributed by atoms with Gasteiger partial charge in [0.2, 0.25) is 0 Å². The molecule has 33 heavy (non-hydrogen) atoms. The lowest BCUT2D eigenvalue weighted by molar-refractivity contribution is -0.228. The van der Waals surface area contributed by atoms with Crippen molar-refractivity contribution in [3.8, 4) is 0 Å². The molecule has 0 aliphatic carbocycles. The minimum absolute atomic E-state index is 0.228. The van der Waals surface area contributed by atoms with Crippen LogP contribution in [0.4, 0.5) is 10.5 Å². The number of esters is 4. The maximum atomic E-state index is 12.5. The second-order valence-electron chi connectivity index (χ2n) is 6.95. The smallest absolute Gasteiger partial charge is 0.338 e. The molecule has 0 radical (unpaired) electrons. The second-order valence-corrected chi connectivity index (χ2v) is 6.95. The van der Waals surface area contributed by atoms with Crippen LogP contribution in [0.5, 0.6) is 0 Å². The van der Waals surface area contributed by atoms with Crippen LogP contribution in [0.25, 0.3) is 0 Å². The molecule has 12 nitrogen and oxygen atoms in total. The molecule has 0 unspecified atom stereocenters. The van der Waals surface area contributed by atoms with Crippen molar-refractivity contribution in [1.82, 2.24) is 5.32 Å². The maximum absolute atomic E-state index is 12.5. The van der Waals surface area contributed by atoms with E-state index in [1.165, 1.54) is 24.3 Å². The third-order valence-corrected chi connectivity index (χ3v) is 4.28. The van der Waals surface area contributed by atoms with Gasteiger partial charge < -0.3 is 34.3 Å². The van der Waals surface area contributed by atoms with Gasteiger partial charge in [-0.25, -0.2) is 9.59 Å². The average Bonchev–Trinajstić information content (AvgIpc) is 2.72. The van der Waals surface area contributed by atoms with Crippen molar-refractivity contribution in [2.24, 2.45) is 0 Å². The van der Waals surface area contributed by atoms with Crippen LogP contribution in [0.1, 0.15) is 38.1 Å². The Balaban J connectivity index is 2.12. The van der Waals surface area contributed by atoms with Crippen molar-refractivity contribution in [2.45, 2.75) is 52.2 Å². The first kappa shape index (κ1) is 25.6. The highest BCUT2D eigenvalue weighted by molar-refractivity contribution is 5.92. The van der Waals surface area contributed by atoms with Gasteiger partial charge in [0.1, 0.15) is 0 Å². The lowest BCUT2D eigenvalue weighted by Crippen LogP contribution is -2.62. The highest BCUT2D eigenvalue weighted by Gasteiger charge is 2.47. The molecule has 2 rings (SSSR count). The summed E-state index contributed by atoms with van der Waals surface area (Å²) >= 11 is 0. The van der Waals surface area contributed by atoms with Crippen LogP contribution in [0.15, 0.2) is 24.3 Å². The zero-order valence-corrected chi connectivity index (χ0v) is 18.6. The Morgan fingerprint density at radius 1 is 0.909 bits per heavy atom. The van der Waals surface area contributed by atoms with E-state index in [1.54, 1.807) is 6.92 Å². The van der Waals surface area contributed by atoms with Gasteiger partial charge >= 0.3 is 29.9 Å². The van der Waals surface area contributed by atoms with E-state index >= 15 is 0 Å². The van der Waals surface area contributed by atoms with Crippen LogP contribution in [-0.2, 0) is 38.1 Å². The second kappa shape index (κ2) is 11.8. The molecule has 2 amide bonds. The number of carbonyl (C=O) groups excluding carboxylic acids is 5. The van der Waals surface area contributed by atoms with Gasteiger partial charge in [0.05, 0.1) is 18.8 Å². The van der Waals surface area contributed by atoms with Crippen molar-refractivity contribution < 1.29 is 47.7 Å². The first-order chi connectivity index (χ1) is 15.6. The largest absolute Gasteiger partial charge is 0.462 e. The Kier molecular flexibility index (Phi) is 9.16. The molecule has 0 aromatic heterocycles. The van der Waals surface area contributed by atoms with E-state index in [2.05, 4.69) is 10.6 Å². The number of anilines is 1. The standard InChI is InChI=1S/C21H26N2O10/c1-5-29-20(27)14-6-8-15(9-7-14)22-21(28)23-19-18(33-13(4)26)17(32-12(3)25)16(10-30-19)31-11(2)24/h6-9,16-19H,5,10H2,1-4H3,(H2,22,23,28)/t16-,17-,18-,19+/m0/s1. The number of carbonyl (C=O) groups is 5. The average molecular weight is 466 g/mol. The summed E-state index contributed by atoms with van der Waals surface area (Å²) in [7, 11) is 0. The van der Waals surface area contributed by atoms with Crippen molar-refractivity contribution in [3.63, 3.8) is 0 Å². The molecular weight excluding hydrogens is 440 g/mol. The number of amides is 2. The van der Waals surface area contributed by atoms with Crippen LogP contribution >= 0.6 is 0 Å². The molecule has 1 heterocycles. The van der Waals surface area contributed by atoms with E-state index in [0.29, 0.717) is 11.3 Å². The molecule has 2 N–H and O–H groups in total. The van der Waals surface area contributed by atoms with E-state index in [1.807, 2.05) is 0 Å². The van der Waals surface area contributed by atoms with Gasteiger partial charge in [0, 0.05) is 26.5 Å². The third kappa shape index (κ3) is 7.75. The summed E-state index contributed by atoms with van der Waals surface area (Å²) in [4.78, 5) is 58.8. The van der Waals surface area contributed by atoms with Gasteiger partial charge in [0.15, 0.2) is 24.5 Å². The fourth-order valence-corrected chi connectivity index (χ4v) is 3.07. The Bertz CT molecular complexity index is 886. The van der Waals surface area contributed by atoms with E-state index in [-0.39, 0.29) is 13.2 Å². The molecular formula is C21H26N2O10. The molecule has 1 fully saturated rings. The summed E-state index contributed by atoms with van der Waals surface area (Å²) in [6.45, 7) is 5.13. The Morgan fingerprint density at radius 3 is 2.03 bits per heavy atom. The molecule has 0 spiro atoms. The first-order valence-corrected chi connectivity index (χ1v) is 10.1. The number of benzene rings is 1. The third-order valence-electron chi connectivity index (χ3n) is 4.28. The molecule has 0 bridgehead atoms. The zero-order valence-electron chi connectivity index (χ0n) is 18.6. The molecule has 0 saturated carbocycles. The summed E-state index contributed by atoms with van der Waals surface area (Å²) in [5.41, 5.74) is 0.670. The number of urea groups is 1. The van der Waals surface area contributed by atoms with E-state index in [9.17, 15) is 24.0 Å². The predicted octanol–water partition coefficient (Wildman–Crippen LogP) is 1.14. The molecule has 12 heteroatoms. The van der Waals surface area contributed by atoms with Crippen molar-refractivity contribution in [3.05, 3.63) is 29.8 Å². The predicted molar refractivity (Wildman–Crippen MR) is 111 cm³/mol. The number of nitrogens with one attached hydrogen (secondary N) is 2. The molecule has 180 valence electrons. The van der Waals surface area contributed by atoms with Crippen molar-refractivity contribution >= 4 is 35.6 Å². The van der Waals surface area contributed by atoms with Crippen LogP contribution in [-0.4, -0.2) is 67.7 Å². The van der Waals surface area contributed by atoms with E-state index < -0.39 is 54.4 Å². The summed E-state index contributed by atoms with van der Waals surface area (Å²) in [5.74, 6) is -2.59. The van der Waals surface area contributed by atoms with Crippen LogP contribution in [0.3, 0.4) is 0 Å². The number of rotatable bonds is 7. The Labute approximate surface area is 189 Å². The van der Waals surface area contributed by atoms with E-state index in [4.69, 9.17) is 23.7 Å².